The van der Waals surface area contributed by atoms with Gasteiger partial charge in [-0.15, -0.1) is 0 Å². The number of aromatic amines is 1. The van der Waals surface area contributed by atoms with Gasteiger partial charge in [0.1, 0.15) is 0 Å². The molecule has 0 saturated heterocycles. The van der Waals surface area contributed by atoms with Crippen molar-refractivity contribution in [3.8, 4) is 0 Å². The molecule has 22 heavy (non-hydrogen) atoms. The Morgan fingerprint density at radius 1 is 1.32 bits per heavy atom. The zero-order valence-corrected chi connectivity index (χ0v) is 12.6. The van der Waals surface area contributed by atoms with E-state index in [2.05, 4.69) is 15.3 Å². The van der Waals surface area contributed by atoms with Crippen molar-refractivity contribution < 1.29 is 4.79 Å². The van der Waals surface area contributed by atoms with Crippen LogP contribution in [-0.2, 0) is 0 Å². The van der Waals surface area contributed by atoms with Gasteiger partial charge < -0.3 is 15.2 Å². The molecule has 112 valence electrons. The molecule has 1 aromatic carbocycles. The molecule has 5 heteroatoms. The molecule has 5 nitrogen and oxygen atoms in total. The van der Waals surface area contributed by atoms with Gasteiger partial charge in [0.2, 0.25) is 0 Å². The van der Waals surface area contributed by atoms with E-state index in [0.29, 0.717) is 0 Å². The summed E-state index contributed by atoms with van der Waals surface area (Å²) < 4.78 is 0. The number of aromatic nitrogens is 2. The lowest BCUT2D eigenvalue weighted by Gasteiger charge is -2.25. The lowest BCUT2D eigenvalue weighted by Crippen LogP contribution is -2.33. The number of benzene rings is 1. The van der Waals surface area contributed by atoms with E-state index < -0.39 is 0 Å². The van der Waals surface area contributed by atoms with E-state index in [1.807, 2.05) is 49.5 Å². The Bertz CT molecular complexity index is 781. The number of hydrogen-bond acceptors (Lipinski definition) is 2. The lowest BCUT2D eigenvalue weighted by molar-refractivity contribution is 0.208. The number of amides is 2. The lowest BCUT2D eigenvalue weighted by atomic mass is 10.1. The van der Waals surface area contributed by atoms with Gasteiger partial charge in [-0.1, -0.05) is 6.07 Å². The highest BCUT2D eigenvalue weighted by Gasteiger charge is 2.17. The smallest absolute Gasteiger partial charge is 0.322 e. The fraction of sp³-hybridized carbons (Fsp3) is 0.176. The average Bonchev–Trinajstić information content (AvgIpc) is 3.02. The number of nitrogens with one attached hydrogen (secondary N) is 2. The fourth-order valence-corrected chi connectivity index (χ4v) is 2.37. The van der Waals surface area contributed by atoms with Crippen molar-refractivity contribution in [2.24, 2.45) is 0 Å². The highest BCUT2D eigenvalue weighted by atomic mass is 16.2. The minimum atomic E-state index is -0.147. The van der Waals surface area contributed by atoms with E-state index in [1.165, 1.54) is 0 Å². The van der Waals surface area contributed by atoms with Crippen molar-refractivity contribution in [1.82, 2.24) is 14.9 Å². The van der Waals surface area contributed by atoms with Crippen molar-refractivity contribution in [1.29, 1.82) is 0 Å². The van der Waals surface area contributed by atoms with Crippen LogP contribution in [0.4, 0.5) is 10.5 Å². The summed E-state index contributed by atoms with van der Waals surface area (Å²) in [5.74, 6) is 0. The zero-order chi connectivity index (χ0) is 15.5. The molecule has 1 unspecified atom stereocenters. The summed E-state index contributed by atoms with van der Waals surface area (Å²) in [4.78, 5) is 21.3. The highest BCUT2D eigenvalue weighted by molar-refractivity contribution is 5.92. The van der Waals surface area contributed by atoms with Crippen LogP contribution in [0.25, 0.3) is 10.9 Å². The van der Waals surface area contributed by atoms with E-state index in [-0.39, 0.29) is 12.1 Å². The van der Waals surface area contributed by atoms with Crippen molar-refractivity contribution in [3.63, 3.8) is 0 Å². The Morgan fingerprint density at radius 2 is 2.18 bits per heavy atom. The molecule has 0 spiro atoms. The van der Waals surface area contributed by atoms with E-state index >= 15 is 0 Å². The summed E-state index contributed by atoms with van der Waals surface area (Å²) in [7, 11) is 1.78. The number of carbonyl (C=O) groups is 1. The van der Waals surface area contributed by atoms with Crippen LogP contribution in [0, 0.1) is 0 Å². The van der Waals surface area contributed by atoms with Crippen molar-refractivity contribution in [2.45, 2.75) is 13.0 Å². The number of pyridine rings is 1. The van der Waals surface area contributed by atoms with E-state index in [0.717, 1.165) is 22.2 Å². The SMILES string of the molecule is CC(c1cccnc1)N(C)C(=O)Nc1ccc2[nH]ccc2c1. The Balaban J connectivity index is 1.73. The first-order chi connectivity index (χ1) is 10.6. The molecule has 2 amide bonds. The molecule has 0 saturated carbocycles. The summed E-state index contributed by atoms with van der Waals surface area (Å²) in [6.45, 7) is 1.98. The van der Waals surface area contributed by atoms with Crippen LogP contribution < -0.4 is 5.32 Å². The monoisotopic (exact) mass is 294 g/mol. The largest absolute Gasteiger partial charge is 0.361 e. The van der Waals surface area contributed by atoms with Crippen molar-refractivity contribution in [3.05, 3.63) is 60.6 Å². The second-order valence-corrected chi connectivity index (χ2v) is 5.28. The highest BCUT2D eigenvalue weighted by Crippen LogP contribution is 2.21. The molecule has 2 aromatic heterocycles. The maximum absolute atomic E-state index is 12.4. The molecule has 1 atom stereocenters. The first-order valence-corrected chi connectivity index (χ1v) is 7.16. The topological polar surface area (TPSA) is 61.0 Å². The van der Waals surface area contributed by atoms with Crippen LogP contribution >= 0.6 is 0 Å². The number of H-pyrrole nitrogens is 1. The summed E-state index contributed by atoms with van der Waals surface area (Å²) in [5, 5.41) is 4.00. The minimum absolute atomic E-state index is 0.0512. The molecule has 0 aliphatic rings. The first-order valence-electron chi connectivity index (χ1n) is 7.16. The van der Waals surface area contributed by atoms with Gasteiger partial charge in [0.05, 0.1) is 6.04 Å². The van der Waals surface area contributed by atoms with Crippen LogP contribution in [-0.4, -0.2) is 27.9 Å². The predicted molar refractivity (Wildman–Crippen MR) is 87.7 cm³/mol. The van der Waals surface area contributed by atoms with Crippen LogP contribution in [0.5, 0.6) is 0 Å². The summed E-state index contributed by atoms with van der Waals surface area (Å²) in [6.07, 6.45) is 5.38. The van der Waals surface area contributed by atoms with Gasteiger partial charge in [-0.25, -0.2) is 4.79 Å². The van der Waals surface area contributed by atoms with Gasteiger partial charge in [-0.3, -0.25) is 4.98 Å². The van der Waals surface area contributed by atoms with Gasteiger partial charge >= 0.3 is 6.03 Å². The fourth-order valence-electron chi connectivity index (χ4n) is 2.37. The molecular formula is C17H18N4O. The third-order valence-electron chi connectivity index (χ3n) is 3.87. The molecule has 3 aromatic rings. The number of hydrogen-bond donors (Lipinski definition) is 2. The Morgan fingerprint density at radius 3 is 2.95 bits per heavy atom. The number of carbonyl (C=O) groups excluding carboxylic acids is 1. The van der Waals surface area contributed by atoms with Crippen LogP contribution in [0.2, 0.25) is 0 Å². The van der Waals surface area contributed by atoms with Crippen LogP contribution in [0.15, 0.2) is 55.0 Å². The van der Waals surface area contributed by atoms with Crippen LogP contribution in [0.1, 0.15) is 18.5 Å². The molecule has 3 rings (SSSR count). The third kappa shape index (κ3) is 2.79. The third-order valence-corrected chi connectivity index (χ3v) is 3.87. The Labute approximate surface area is 129 Å². The van der Waals surface area contributed by atoms with Gasteiger partial charge in [0.15, 0.2) is 0 Å². The summed E-state index contributed by atoms with van der Waals surface area (Å²) in [5.41, 5.74) is 2.83. The van der Waals surface area contributed by atoms with Gasteiger partial charge in [0.25, 0.3) is 0 Å². The first kappa shape index (κ1) is 14.1. The van der Waals surface area contributed by atoms with E-state index in [9.17, 15) is 4.79 Å². The molecule has 0 radical (unpaired) electrons. The molecule has 0 fully saturated rings. The molecule has 0 bridgehead atoms. The number of nitrogens with zero attached hydrogens (tertiary/aromatic N) is 2. The minimum Gasteiger partial charge on any atom is -0.361 e. The quantitative estimate of drug-likeness (QED) is 0.772. The Kier molecular flexibility index (Phi) is 3.78. The Hall–Kier alpha value is -2.82. The number of anilines is 1. The second-order valence-electron chi connectivity index (χ2n) is 5.28. The van der Waals surface area contributed by atoms with E-state index in [1.54, 1.807) is 24.3 Å². The van der Waals surface area contributed by atoms with Crippen molar-refractivity contribution >= 4 is 22.6 Å². The summed E-state index contributed by atoms with van der Waals surface area (Å²) >= 11 is 0. The van der Waals surface area contributed by atoms with Crippen LogP contribution in [0.3, 0.4) is 0 Å². The zero-order valence-electron chi connectivity index (χ0n) is 12.6. The molecule has 2 heterocycles. The number of urea groups is 1. The standard InChI is InChI=1S/C17H18N4O/c1-12(14-4-3-8-18-11-14)21(2)17(22)20-15-5-6-16-13(10-15)7-9-19-16/h3-12,19H,1-2H3,(H,20,22). The number of rotatable bonds is 3. The van der Waals surface area contributed by atoms with Crippen molar-refractivity contribution in [2.75, 3.05) is 12.4 Å². The maximum atomic E-state index is 12.4. The van der Waals surface area contributed by atoms with Gasteiger partial charge in [-0.05, 0) is 42.8 Å². The second kappa shape index (κ2) is 5.89. The molecule has 0 aliphatic heterocycles. The van der Waals surface area contributed by atoms with E-state index in [4.69, 9.17) is 0 Å². The molecule has 0 aliphatic carbocycles. The average molecular weight is 294 g/mol. The number of fused-ring (bicyclic) bond motifs is 1. The summed E-state index contributed by atoms with van der Waals surface area (Å²) in [6, 6.07) is 11.4. The van der Waals surface area contributed by atoms with Gasteiger partial charge in [0, 0.05) is 42.2 Å². The molecule has 2 N–H and O–H groups in total. The predicted octanol–water partition coefficient (Wildman–Crippen LogP) is 3.79. The maximum Gasteiger partial charge on any atom is 0.322 e. The molecular weight excluding hydrogens is 276 g/mol. The normalized spacial score (nSPS) is 12.1. The van der Waals surface area contributed by atoms with Gasteiger partial charge in [-0.2, -0.15) is 0 Å².